The Balaban J connectivity index is 1.46. The molecule has 1 aromatic heterocycles. The third-order valence-electron chi connectivity index (χ3n) is 4.72. The van der Waals surface area contributed by atoms with Crippen LogP contribution in [-0.4, -0.2) is 56.2 Å². The van der Waals surface area contributed by atoms with Gasteiger partial charge in [0, 0.05) is 10.9 Å². The van der Waals surface area contributed by atoms with Crippen LogP contribution in [0.4, 0.5) is 9.93 Å². The summed E-state index contributed by atoms with van der Waals surface area (Å²) in [5.41, 5.74) is 1.56. The summed E-state index contributed by atoms with van der Waals surface area (Å²) in [5.74, 6) is 1.33. The average molecular weight is 393 g/mol. The summed E-state index contributed by atoms with van der Waals surface area (Å²) in [6, 6.07) is 4.53. The topological polar surface area (TPSA) is 97.8 Å². The Kier molecular flexibility index (Phi) is 3.41. The Morgan fingerprint density at radius 3 is 2.85 bits per heavy atom. The van der Waals surface area contributed by atoms with Gasteiger partial charge in [-0.1, -0.05) is 0 Å². The zero-order valence-electron chi connectivity index (χ0n) is 13.5. The van der Waals surface area contributed by atoms with Gasteiger partial charge >= 0.3 is 6.03 Å². The van der Waals surface area contributed by atoms with Crippen molar-refractivity contribution < 1.29 is 22.7 Å². The molecule has 1 N–H and O–H groups in total. The van der Waals surface area contributed by atoms with Crippen molar-refractivity contribution in [2.24, 2.45) is 0 Å². The van der Waals surface area contributed by atoms with Crippen LogP contribution in [0.15, 0.2) is 23.6 Å². The monoisotopic (exact) mass is 393 g/mol. The molecule has 2 amide bonds. The molecule has 8 nitrogen and oxygen atoms in total. The van der Waals surface area contributed by atoms with Crippen LogP contribution in [0.1, 0.15) is 0 Å². The smallest absolute Gasteiger partial charge is 0.324 e. The largest absolute Gasteiger partial charge is 0.486 e. The number of ether oxygens (including phenoxy) is 2. The van der Waals surface area contributed by atoms with Gasteiger partial charge in [0.1, 0.15) is 13.2 Å². The van der Waals surface area contributed by atoms with Gasteiger partial charge in [0.2, 0.25) is 0 Å². The van der Waals surface area contributed by atoms with Crippen molar-refractivity contribution in [2.45, 2.75) is 12.1 Å². The summed E-state index contributed by atoms with van der Waals surface area (Å²) in [5, 5.41) is 5.10. The maximum atomic E-state index is 12.3. The molecule has 0 bridgehead atoms. The molecule has 0 spiro atoms. The molecule has 4 heterocycles. The number of nitrogens with zero attached hydrogens (tertiary/aromatic N) is 2. The lowest BCUT2D eigenvalue weighted by molar-refractivity contribution is 0.171. The molecule has 3 aliphatic rings. The molecular formula is C16H15N3O5S2. The number of fused-ring (bicyclic) bond motifs is 2. The first kappa shape index (κ1) is 15.9. The number of aromatic nitrogens is 1. The van der Waals surface area contributed by atoms with Crippen LogP contribution in [0.3, 0.4) is 0 Å². The second-order valence-corrected chi connectivity index (χ2v) is 9.43. The van der Waals surface area contributed by atoms with Crippen molar-refractivity contribution in [2.75, 3.05) is 29.6 Å². The van der Waals surface area contributed by atoms with Crippen LogP contribution in [-0.2, 0) is 9.84 Å². The summed E-state index contributed by atoms with van der Waals surface area (Å²) in [6.07, 6.45) is 0. The summed E-state index contributed by atoms with van der Waals surface area (Å²) >= 11 is 1.32. The van der Waals surface area contributed by atoms with Crippen molar-refractivity contribution in [3.05, 3.63) is 23.6 Å². The fourth-order valence-electron chi connectivity index (χ4n) is 3.54. The van der Waals surface area contributed by atoms with Gasteiger partial charge in [0.05, 0.1) is 29.3 Å². The highest BCUT2D eigenvalue weighted by Crippen LogP contribution is 2.37. The Hall–Kier alpha value is -2.33. The van der Waals surface area contributed by atoms with Crippen LogP contribution < -0.4 is 19.7 Å². The number of thiazole rings is 1. The molecule has 2 atom stereocenters. The number of urea groups is 1. The van der Waals surface area contributed by atoms with Crippen LogP contribution in [0.25, 0.3) is 11.3 Å². The standard InChI is InChI=1S/C16H15N3O5S2/c20-15-17-11-7-26(21,22)8-12(11)19(15)16-18-10(6-25-16)9-1-2-13-14(5-9)24-4-3-23-13/h1-2,5-6,11-12H,3-4,7-8H2,(H,17,20)/t11-,12+/m0/s1. The number of amides is 2. The fraction of sp³-hybridized carbons (Fsp3) is 0.375. The maximum absolute atomic E-state index is 12.3. The molecule has 2 aromatic rings. The maximum Gasteiger partial charge on any atom is 0.324 e. The minimum Gasteiger partial charge on any atom is -0.486 e. The SMILES string of the molecule is O=C1N[C@H]2CS(=O)(=O)C[C@H]2N1c1nc(-c2ccc3c(c2)OCCO3)cs1. The average Bonchev–Trinajstić information content (AvgIpc) is 3.26. The molecule has 2 saturated heterocycles. The highest BCUT2D eigenvalue weighted by Gasteiger charge is 2.50. The summed E-state index contributed by atoms with van der Waals surface area (Å²) in [7, 11) is -3.14. The number of carbonyl (C=O) groups is 1. The van der Waals surface area contributed by atoms with Crippen molar-refractivity contribution in [1.29, 1.82) is 0 Å². The van der Waals surface area contributed by atoms with Crippen LogP contribution in [0.2, 0.25) is 0 Å². The number of anilines is 1. The number of benzene rings is 1. The summed E-state index contributed by atoms with van der Waals surface area (Å²) in [6.45, 7) is 1.03. The van der Waals surface area contributed by atoms with Gasteiger partial charge in [-0.15, -0.1) is 11.3 Å². The first-order valence-corrected chi connectivity index (χ1v) is 10.9. The number of rotatable bonds is 2. The van der Waals surface area contributed by atoms with E-state index in [1.807, 2.05) is 23.6 Å². The summed E-state index contributed by atoms with van der Waals surface area (Å²) in [4.78, 5) is 18.3. The molecule has 0 unspecified atom stereocenters. The van der Waals surface area contributed by atoms with Crippen LogP contribution >= 0.6 is 11.3 Å². The van der Waals surface area contributed by atoms with E-state index in [0.29, 0.717) is 35.5 Å². The molecule has 0 saturated carbocycles. The fourth-order valence-corrected chi connectivity index (χ4v) is 6.32. The van der Waals surface area contributed by atoms with E-state index in [-0.39, 0.29) is 23.6 Å². The van der Waals surface area contributed by atoms with Gasteiger partial charge in [-0.25, -0.2) is 18.2 Å². The van der Waals surface area contributed by atoms with E-state index >= 15 is 0 Å². The second-order valence-electron chi connectivity index (χ2n) is 6.44. The first-order valence-electron chi connectivity index (χ1n) is 8.16. The van der Waals surface area contributed by atoms with Crippen LogP contribution in [0.5, 0.6) is 11.5 Å². The highest BCUT2D eigenvalue weighted by atomic mass is 32.2. The van der Waals surface area contributed by atoms with E-state index in [1.54, 1.807) is 0 Å². The van der Waals surface area contributed by atoms with E-state index in [4.69, 9.17) is 9.47 Å². The van der Waals surface area contributed by atoms with E-state index in [9.17, 15) is 13.2 Å². The highest BCUT2D eigenvalue weighted by molar-refractivity contribution is 7.91. The number of nitrogens with one attached hydrogen (secondary N) is 1. The predicted octanol–water partition coefficient (Wildman–Crippen LogP) is 1.28. The van der Waals surface area contributed by atoms with Gasteiger partial charge in [0.15, 0.2) is 26.5 Å². The van der Waals surface area contributed by atoms with Gasteiger partial charge in [0.25, 0.3) is 0 Å². The molecule has 10 heteroatoms. The molecule has 26 heavy (non-hydrogen) atoms. The lowest BCUT2D eigenvalue weighted by Crippen LogP contribution is -2.36. The van der Waals surface area contributed by atoms with E-state index < -0.39 is 15.9 Å². The Labute approximate surface area is 153 Å². The van der Waals surface area contributed by atoms with Crippen molar-refractivity contribution in [1.82, 2.24) is 10.3 Å². The minimum atomic E-state index is -3.14. The van der Waals surface area contributed by atoms with Gasteiger partial charge in [-0.3, -0.25) is 4.90 Å². The Bertz CT molecular complexity index is 1000. The molecular weight excluding hydrogens is 378 g/mol. The summed E-state index contributed by atoms with van der Waals surface area (Å²) < 4.78 is 34.9. The molecule has 136 valence electrons. The van der Waals surface area contributed by atoms with Crippen molar-refractivity contribution in [3.8, 4) is 22.8 Å². The van der Waals surface area contributed by atoms with Gasteiger partial charge in [-0.05, 0) is 18.2 Å². The van der Waals surface area contributed by atoms with Crippen LogP contribution in [0, 0.1) is 0 Å². The van der Waals surface area contributed by atoms with Gasteiger partial charge < -0.3 is 14.8 Å². The Morgan fingerprint density at radius 1 is 1.19 bits per heavy atom. The molecule has 0 radical (unpaired) electrons. The zero-order valence-corrected chi connectivity index (χ0v) is 15.2. The third-order valence-corrected chi connectivity index (χ3v) is 7.27. The quantitative estimate of drug-likeness (QED) is 0.772. The molecule has 2 fully saturated rings. The lowest BCUT2D eigenvalue weighted by Gasteiger charge is -2.19. The van der Waals surface area contributed by atoms with E-state index in [0.717, 1.165) is 5.56 Å². The second kappa shape index (κ2) is 5.58. The van der Waals surface area contributed by atoms with E-state index in [2.05, 4.69) is 10.3 Å². The minimum absolute atomic E-state index is 0.0136. The van der Waals surface area contributed by atoms with E-state index in [1.165, 1.54) is 16.2 Å². The molecule has 5 rings (SSSR count). The molecule has 0 aliphatic carbocycles. The van der Waals surface area contributed by atoms with Crippen molar-refractivity contribution in [3.63, 3.8) is 0 Å². The van der Waals surface area contributed by atoms with Crippen molar-refractivity contribution >= 4 is 32.3 Å². The lowest BCUT2D eigenvalue weighted by atomic mass is 10.1. The number of carbonyl (C=O) groups excluding carboxylic acids is 1. The molecule has 3 aliphatic heterocycles. The number of sulfone groups is 1. The zero-order chi connectivity index (χ0) is 17.9. The number of hydrogen-bond donors (Lipinski definition) is 1. The predicted molar refractivity (Wildman–Crippen MR) is 95.8 cm³/mol. The third kappa shape index (κ3) is 2.52. The Morgan fingerprint density at radius 2 is 2.00 bits per heavy atom. The van der Waals surface area contributed by atoms with Gasteiger partial charge in [-0.2, -0.15) is 0 Å². The number of hydrogen-bond acceptors (Lipinski definition) is 7. The normalized spacial score (nSPS) is 25.8. The molecule has 1 aromatic carbocycles. The first-order chi connectivity index (χ1) is 12.5.